The first kappa shape index (κ1) is 18.2. The Bertz CT molecular complexity index is 434. The molecule has 128 valence electrons. The highest BCUT2D eigenvalue weighted by Gasteiger charge is 2.23. The third-order valence-corrected chi connectivity index (χ3v) is 4.76. The summed E-state index contributed by atoms with van der Waals surface area (Å²) in [6, 6.07) is 3.07. The van der Waals surface area contributed by atoms with E-state index in [1.165, 1.54) is 44.9 Å². The van der Waals surface area contributed by atoms with E-state index in [2.05, 4.69) is 23.8 Å². The van der Waals surface area contributed by atoms with Crippen LogP contribution in [-0.4, -0.2) is 41.9 Å². The number of hydrogen-bond acceptors (Lipinski definition) is 3. The van der Waals surface area contributed by atoms with Crippen LogP contribution in [0.3, 0.4) is 0 Å². The molecule has 23 heavy (non-hydrogen) atoms. The summed E-state index contributed by atoms with van der Waals surface area (Å²) in [5, 5.41) is 10.8. The standard InChI is InChI=1S/C20H31NO2/c22-20(14-10-11-15-21-16-18-23-19-17-21)12-8-6-4-2-1-3-5-7-9-13-20/h22H,1-9,12-13,16-19H2. The zero-order chi connectivity index (χ0) is 16.2. The first-order valence-corrected chi connectivity index (χ1v) is 9.36. The maximum absolute atomic E-state index is 10.8. The summed E-state index contributed by atoms with van der Waals surface area (Å²) in [7, 11) is 0. The summed E-state index contributed by atoms with van der Waals surface area (Å²) >= 11 is 0. The summed E-state index contributed by atoms with van der Waals surface area (Å²) in [6.07, 6.45) is 12.8. The number of hydrogen-bond donors (Lipinski definition) is 1. The molecule has 0 radical (unpaired) electrons. The lowest BCUT2D eigenvalue weighted by Crippen LogP contribution is -2.32. The quantitative estimate of drug-likeness (QED) is 0.696. The molecule has 2 fully saturated rings. The van der Waals surface area contributed by atoms with E-state index in [1.54, 1.807) is 0 Å². The van der Waals surface area contributed by atoms with Crippen LogP contribution in [0.15, 0.2) is 0 Å². The number of aliphatic hydroxyl groups is 1. The fraction of sp³-hybridized carbons (Fsp3) is 0.800. The number of morpholine rings is 1. The zero-order valence-corrected chi connectivity index (χ0v) is 14.4. The molecule has 0 unspecified atom stereocenters. The minimum Gasteiger partial charge on any atom is -0.378 e. The average molecular weight is 317 g/mol. The molecule has 0 aromatic carbocycles. The molecule has 0 spiro atoms. The first-order chi connectivity index (χ1) is 11.3. The first-order valence-electron chi connectivity index (χ1n) is 9.36. The van der Waals surface area contributed by atoms with Crippen LogP contribution in [0.1, 0.15) is 70.6 Å². The fourth-order valence-corrected chi connectivity index (χ4v) is 3.25. The van der Waals surface area contributed by atoms with Crippen LogP contribution in [0.4, 0.5) is 0 Å². The fourth-order valence-electron chi connectivity index (χ4n) is 3.25. The minimum absolute atomic E-state index is 0.742. The molecule has 0 amide bonds. The van der Waals surface area contributed by atoms with Gasteiger partial charge in [-0.05, 0) is 31.6 Å². The smallest absolute Gasteiger partial charge is 0.126 e. The molecule has 0 aromatic heterocycles. The molecule has 3 nitrogen and oxygen atoms in total. The Labute approximate surface area is 141 Å². The highest BCUT2D eigenvalue weighted by Crippen LogP contribution is 2.24. The molecule has 2 aliphatic rings. The zero-order valence-electron chi connectivity index (χ0n) is 14.4. The van der Waals surface area contributed by atoms with Gasteiger partial charge < -0.3 is 14.7 Å². The van der Waals surface area contributed by atoms with E-state index >= 15 is 0 Å². The molecule has 2 rings (SSSR count). The molecule has 1 N–H and O–H groups in total. The monoisotopic (exact) mass is 317 g/mol. The Balaban J connectivity index is 1.87. The molecule has 1 heterocycles. The van der Waals surface area contributed by atoms with Crippen molar-refractivity contribution >= 4 is 0 Å². The summed E-state index contributed by atoms with van der Waals surface area (Å²) in [6.45, 7) is 3.18. The molecule has 1 saturated heterocycles. The predicted molar refractivity (Wildman–Crippen MR) is 93.7 cm³/mol. The maximum atomic E-state index is 10.8. The van der Waals surface area contributed by atoms with Gasteiger partial charge in [0.15, 0.2) is 0 Å². The Hall–Kier alpha value is -1.16. The van der Waals surface area contributed by atoms with Gasteiger partial charge in [0.2, 0.25) is 0 Å². The number of rotatable bonds is 0. The Kier molecular flexibility index (Phi) is 8.37. The summed E-state index contributed by atoms with van der Waals surface area (Å²) in [5.74, 6) is 8.89. The van der Waals surface area contributed by atoms with Crippen LogP contribution >= 0.6 is 0 Å². The van der Waals surface area contributed by atoms with Gasteiger partial charge in [0.05, 0.1) is 13.2 Å². The molecule has 0 atom stereocenters. The summed E-state index contributed by atoms with van der Waals surface area (Å²) in [4.78, 5) is 2.04. The summed E-state index contributed by atoms with van der Waals surface area (Å²) in [5.41, 5.74) is -0.834. The van der Waals surface area contributed by atoms with Crippen molar-refractivity contribution in [2.24, 2.45) is 0 Å². The molecular weight excluding hydrogens is 286 g/mol. The van der Waals surface area contributed by atoms with E-state index in [9.17, 15) is 5.11 Å². The lowest BCUT2D eigenvalue weighted by Gasteiger charge is -2.23. The van der Waals surface area contributed by atoms with Gasteiger partial charge in [-0.1, -0.05) is 50.9 Å². The predicted octanol–water partition coefficient (Wildman–Crippen LogP) is 3.32. The summed E-state index contributed by atoms with van der Waals surface area (Å²) < 4.78 is 5.30. The van der Waals surface area contributed by atoms with Gasteiger partial charge in [0, 0.05) is 25.1 Å². The topological polar surface area (TPSA) is 32.7 Å². The van der Waals surface area contributed by atoms with Crippen molar-refractivity contribution in [2.45, 2.75) is 76.2 Å². The average Bonchev–Trinajstić information content (AvgIpc) is 2.56. The largest absolute Gasteiger partial charge is 0.378 e. The van der Waals surface area contributed by atoms with Gasteiger partial charge in [-0.2, -0.15) is 0 Å². The van der Waals surface area contributed by atoms with Crippen molar-refractivity contribution in [2.75, 3.05) is 26.3 Å². The minimum atomic E-state index is -0.834. The Morgan fingerprint density at radius 1 is 0.739 bits per heavy atom. The third-order valence-electron chi connectivity index (χ3n) is 4.76. The molecule has 3 heteroatoms. The van der Waals surface area contributed by atoms with Crippen molar-refractivity contribution in [1.82, 2.24) is 4.90 Å². The second-order valence-electron chi connectivity index (χ2n) is 6.80. The van der Waals surface area contributed by atoms with E-state index in [0.717, 1.165) is 52.0 Å². The van der Waals surface area contributed by atoms with E-state index in [0.29, 0.717) is 0 Å². The van der Waals surface area contributed by atoms with Crippen molar-refractivity contribution in [3.05, 3.63) is 0 Å². The highest BCUT2D eigenvalue weighted by atomic mass is 16.5. The van der Waals surface area contributed by atoms with Gasteiger partial charge in [0.25, 0.3) is 0 Å². The second kappa shape index (κ2) is 10.6. The number of ether oxygens (including phenoxy) is 1. The molecule has 1 saturated carbocycles. The SMILES string of the molecule is OC1(C#CC#CN2CCOCC2)CCCCCCCCCCC1. The van der Waals surface area contributed by atoms with Crippen LogP contribution in [0.25, 0.3) is 0 Å². The molecule has 1 aliphatic heterocycles. The van der Waals surface area contributed by atoms with Gasteiger partial charge in [-0.15, -0.1) is 0 Å². The second-order valence-corrected chi connectivity index (χ2v) is 6.80. The van der Waals surface area contributed by atoms with Crippen LogP contribution in [-0.2, 0) is 4.74 Å². The lowest BCUT2D eigenvalue weighted by atomic mass is 9.89. The van der Waals surface area contributed by atoms with Crippen LogP contribution < -0.4 is 0 Å². The molecule has 0 bridgehead atoms. The van der Waals surface area contributed by atoms with E-state index in [1.807, 2.05) is 4.90 Å². The lowest BCUT2D eigenvalue weighted by molar-refractivity contribution is 0.0638. The van der Waals surface area contributed by atoms with Crippen LogP contribution in [0.2, 0.25) is 0 Å². The van der Waals surface area contributed by atoms with Gasteiger partial charge in [-0.3, -0.25) is 0 Å². The van der Waals surface area contributed by atoms with Crippen molar-refractivity contribution in [3.8, 4) is 23.8 Å². The van der Waals surface area contributed by atoms with Crippen molar-refractivity contribution < 1.29 is 9.84 Å². The third kappa shape index (κ3) is 7.78. The van der Waals surface area contributed by atoms with E-state index in [-0.39, 0.29) is 0 Å². The van der Waals surface area contributed by atoms with Crippen molar-refractivity contribution in [3.63, 3.8) is 0 Å². The van der Waals surface area contributed by atoms with Gasteiger partial charge in [-0.25, -0.2) is 0 Å². The molecule has 1 aliphatic carbocycles. The normalized spacial score (nSPS) is 23.3. The van der Waals surface area contributed by atoms with Crippen LogP contribution in [0, 0.1) is 23.8 Å². The van der Waals surface area contributed by atoms with E-state index in [4.69, 9.17) is 4.74 Å². The molecule has 0 aromatic rings. The Morgan fingerprint density at radius 2 is 1.26 bits per heavy atom. The number of nitrogens with zero attached hydrogens (tertiary/aromatic N) is 1. The van der Waals surface area contributed by atoms with Gasteiger partial charge >= 0.3 is 0 Å². The Morgan fingerprint density at radius 3 is 1.83 bits per heavy atom. The van der Waals surface area contributed by atoms with E-state index < -0.39 is 5.60 Å². The van der Waals surface area contributed by atoms with Crippen LogP contribution in [0.5, 0.6) is 0 Å². The highest BCUT2D eigenvalue weighted by molar-refractivity contribution is 5.29. The van der Waals surface area contributed by atoms with Crippen molar-refractivity contribution in [1.29, 1.82) is 0 Å². The molecular formula is C20H31NO2. The van der Waals surface area contributed by atoms with Gasteiger partial charge in [0.1, 0.15) is 5.60 Å². The maximum Gasteiger partial charge on any atom is 0.126 e.